The lowest BCUT2D eigenvalue weighted by Gasteiger charge is -2.21. The second kappa shape index (κ2) is 12.2. The molecule has 2 heterocycles. The van der Waals surface area contributed by atoms with Gasteiger partial charge in [0.15, 0.2) is 0 Å². The van der Waals surface area contributed by atoms with Crippen LogP contribution >= 0.6 is 0 Å². The molecule has 36 heavy (non-hydrogen) atoms. The van der Waals surface area contributed by atoms with Crippen molar-refractivity contribution in [1.29, 1.82) is 0 Å². The van der Waals surface area contributed by atoms with Gasteiger partial charge in [-0.2, -0.15) is 0 Å². The van der Waals surface area contributed by atoms with Crippen LogP contribution in [0.2, 0.25) is 0 Å². The smallest absolute Gasteiger partial charge is 0.322 e. The standard InChI is InChI=1S/C25H29N5O5S/c1-3-6-24(31)30(2)19-12-10-18(11-13-19)15-22(29-36(34,35)20-7-5-14-26-16-20)21-8-4-9-23(28-21)27-17-25(32)33/h4-5,7-14,16,22,29H,3,6,15,17H2,1-2H3,(H,27,28)(H,32,33). The summed E-state index contributed by atoms with van der Waals surface area (Å²) in [5.41, 5.74) is 1.97. The number of carbonyl (C=O) groups is 2. The molecule has 2 aromatic heterocycles. The topological polar surface area (TPSA) is 142 Å². The van der Waals surface area contributed by atoms with Crippen LogP contribution < -0.4 is 14.9 Å². The summed E-state index contributed by atoms with van der Waals surface area (Å²) in [6.07, 6.45) is 4.22. The number of anilines is 2. The quantitative estimate of drug-likeness (QED) is 0.337. The molecule has 0 aliphatic rings. The molecule has 3 N–H and O–H groups in total. The molecular weight excluding hydrogens is 482 g/mol. The number of benzene rings is 1. The van der Waals surface area contributed by atoms with Crippen molar-refractivity contribution in [2.45, 2.75) is 37.1 Å². The molecule has 0 saturated carbocycles. The molecule has 3 aromatic rings. The van der Waals surface area contributed by atoms with E-state index in [-0.39, 0.29) is 23.8 Å². The fourth-order valence-corrected chi connectivity index (χ4v) is 4.67. The molecule has 0 bridgehead atoms. The van der Waals surface area contributed by atoms with Gasteiger partial charge in [0.05, 0.1) is 11.7 Å². The fraction of sp³-hybridized carbons (Fsp3) is 0.280. The molecular formula is C25H29N5O5S. The van der Waals surface area contributed by atoms with E-state index in [4.69, 9.17) is 5.11 Å². The lowest BCUT2D eigenvalue weighted by Crippen LogP contribution is -2.31. The Balaban J connectivity index is 1.89. The molecule has 10 nitrogen and oxygen atoms in total. The van der Waals surface area contributed by atoms with Gasteiger partial charge in [-0.1, -0.05) is 25.1 Å². The second-order valence-corrected chi connectivity index (χ2v) is 9.84. The maximum atomic E-state index is 13.1. The first kappa shape index (κ1) is 26.8. The minimum absolute atomic E-state index is 0.0153. The van der Waals surface area contributed by atoms with Crippen LogP contribution in [0.4, 0.5) is 11.5 Å². The van der Waals surface area contributed by atoms with Gasteiger partial charge in [0.25, 0.3) is 0 Å². The van der Waals surface area contributed by atoms with E-state index < -0.39 is 22.0 Å². The first-order chi connectivity index (χ1) is 17.2. The number of hydrogen-bond donors (Lipinski definition) is 3. The van der Waals surface area contributed by atoms with Gasteiger partial charge < -0.3 is 15.3 Å². The molecule has 0 fully saturated rings. The Labute approximate surface area is 210 Å². The van der Waals surface area contributed by atoms with Crippen molar-refractivity contribution in [2.24, 2.45) is 0 Å². The average Bonchev–Trinajstić information content (AvgIpc) is 2.88. The third-order valence-corrected chi connectivity index (χ3v) is 6.85. The van der Waals surface area contributed by atoms with E-state index >= 15 is 0 Å². The number of aliphatic carboxylic acids is 1. The molecule has 1 amide bonds. The Hall–Kier alpha value is -3.83. The van der Waals surface area contributed by atoms with Gasteiger partial charge >= 0.3 is 5.97 Å². The molecule has 1 unspecified atom stereocenters. The zero-order valence-corrected chi connectivity index (χ0v) is 20.9. The highest BCUT2D eigenvalue weighted by Crippen LogP contribution is 2.23. The van der Waals surface area contributed by atoms with Crippen LogP contribution in [0.15, 0.2) is 71.9 Å². The van der Waals surface area contributed by atoms with Gasteiger partial charge in [-0.15, -0.1) is 0 Å². The normalized spacial score (nSPS) is 12.1. The predicted molar refractivity (Wildman–Crippen MR) is 136 cm³/mol. The highest BCUT2D eigenvalue weighted by Gasteiger charge is 2.23. The number of pyridine rings is 2. The molecule has 1 aromatic carbocycles. The van der Waals surface area contributed by atoms with Crippen molar-refractivity contribution in [3.05, 3.63) is 78.2 Å². The molecule has 0 spiro atoms. The van der Waals surface area contributed by atoms with Crippen molar-refractivity contribution in [3.63, 3.8) is 0 Å². The first-order valence-electron chi connectivity index (χ1n) is 11.4. The van der Waals surface area contributed by atoms with Crippen molar-refractivity contribution >= 4 is 33.4 Å². The summed E-state index contributed by atoms with van der Waals surface area (Å²) in [5, 5.41) is 11.6. The highest BCUT2D eigenvalue weighted by molar-refractivity contribution is 7.89. The summed E-state index contributed by atoms with van der Waals surface area (Å²) in [6.45, 7) is 1.62. The average molecular weight is 512 g/mol. The second-order valence-electron chi connectivity index (χ2n) is 8.13. The third kappa shape index (κ3) is 7.33. The lowest BCUT2D eigenvalue weighted by atomic mass is 10.0. The molecule has 1 atom stereocenters. The number of amides is 1. The Morgan fingerprint density at radius 2 is 1.83 bits per heavy atom. The van der Waals surface area contributed by atoms with Gasteiger partial charge in [0.2, 0.25) is 15.9 Å². The number of nitrogens with zero attached hydrogens (tertiary/aromatic N) is 3. The molecule has 3 rings (SSSR count). The van der Waals surface area contributed by atoms with E-state index in [1.165, 1.54) is 24.5 Å². The Morgan fingerprint density at radius 3 is 2.47 bits per heavy atom. The van der Waals surface area contributed by atoms with Gasteiger partial charge in [0.1, 0.15) is 17.3 Å². The molecule has 0 radical (unpaired) electrons. The van der Waals surface area contributed by atoms with Crippen molar-refractivity contribution < 1.29 is 23.1 Å². The van der Waals surface area contributed by atoms with Crippen LogP contribution in [0.1, 0.15) is 37.1 Å². The summed E-state index contributed by atoms with van der Waals surface area (Å²) in [5.74, 6) is -0.715. The van der Waals surface area contributed by atoms with Crippen molar-refractivity contribution in [3.8, 4) is 0 Å². The minimum atomic E-state index is -3.93. The number of aromatic nitrogens is 2. The van der Waals surface area contributed by atoms with E-state index in [0.29, 0.717) is 17.9 Å². The van der Waals surface area contributed by atoms with Crippen LogP contribution in [-0.2, 0) is 26.0 Å². The summed E-state index contributed by atoms with van der Waals surface area (Å²) in [6, 6.07) is 14.5. The Morgan fingerprint density at radius 1 is 1.08 bits per heavy atom. The number of sulfonamides is 1. The van der Waals surface area contributed by atoms with E-state index in [0.717, 1.165) is 17.7 Å². The minimum Gasteiger partial charge on any atom is -0.480 e. The van der Waals surface area contributed by atoms with Gasteiger partial charge in [-0.05, 0) is 54.8 Å². The zero-order chi connectivity index (χ0) is 26.1. The lowest BCUT2D eigenvalue weighted by molar-refractivity contribution is -0.135. The van der Waals surface area contributed by atoms with Gasteiger partial charge in [-0.25, -0.2) is 18.1 Å². The van der Waals surface area contributed by atoms with Crippen LogP contribution in [0.3, 0.4) is 0 Å². The molecule has 11 heteroatoms. The summed E-state index contributed by atoms with van der Waals surface area (Å²) < 4.78 is 28.8. The number of carbonyl (C=O) groups excluding carboxylic acids is 1. The fourth-order valence-electron chi connectivity index (χ4n) is 3.50. The number of carboxylic acids is 1. The summed E-state index contributed by atoms with van der Waals surface area (Å²) >= 11 is 0. The molecule has 190 valence electrons. The maximum absolute atomic E-state index is 13.1. The monoisotopic (exact) mass is 511 g/mol. The van der Waals surface area contributed by atoms with E-state index in [2.05, 4.69) is 20.0 Å². The Kier molecular flexibility index (Phi) is 9.09. The molecule has 0 saturated heterocycles. The summed E-state index contributed by atoms with van der Waals surface area (Å²) in [7, 11) is -2.21. The zero-order valence-electron chi connectivity index (χ0n) is 20.1. The largest absolute Gasteiger partial charge is 0.480 e. The van der Waals surface area contributed by atoms with Gasteiger partial charge in [-0.3, -0.25) is 14.6 Å². The molecule has 0 aliphatic heterocycles. The molecule has 0 aliphatic carbocycles. The van der Waals surface area contributed by atoms with Crippen LogP contribution in [0, 0.1) is 0 Å². The van der Waals surface area contributed by atoms with E-state index in [1.807, 2.05) is 31.2 Å². The Bertz CT molecular complexity index is 1280. The predicted octanol–water partition coefficient (Wildman–Crippen LogP) is 3.00. The SMILES string of the molecule is CCCC(=O)N(C)c1ccc(CC(NS(=O)(=O)c2cccnc2)c2cccc(NCC(=O)O)n2)cc1. The van der Waals surface area contributed by atoms with Crippen LogP contribution in [-0.4, -0.2) is 49.0 Å². The number of rotatable bonds is 12. The van der Waals surface area contributed by atoms with Crippen LogP contribution in [0.25, 0.3) is 0 Å². The van der Waals surface area contributed by atoms with E-state index in [1.54, 1.807) is 30.1 Å². The number of carboxylic acid groups (broad SMARTS) is 1. The first-order valence-corrected chi connectivity index (χ1v) is 12.9. The van der Waals surface area contributed by atoms with Crippen molar-refractivity contribution in [1.82, 2.24) is 14.7 Å². The van der Waals surface area contributed by atoms with Crippen LogP contribution in [0.5, 0.6) is 0 Å². The third-order valence-electron chi connectivity index (χ3n) is 5.39. The van der Waals surface area contributed by atoms with Crippen molar-refractivity contribution in [2.75, 3.05) is 23.8 Å². The summed E-state index contributed by atoms with van der Waals surface area (Å²) in [4.78, 5) is 33.1. The number of nitrogens with one attached hydrogen (secondary N) is 2. The maximum Gasteiger partial charge on any atom is 0.322 e. The van der Waals surface area contributed by atoms with E-state index in [9.17, 15) is 18.0 Å². The van der Waals surface area contributed by atoms with Gasteiger partial charge in [0, 0.05) is 31.5 Å². The highest BCUT2D eigenvalue weighted by atomic mass is 32.2. The number of hydrogen-bond acceptors (Lipinski definition) is 7.